The molecule has 1 aromatic rings. The third-order valence-corrected chi connectivity index (χ3v) is 2.36. The van der Waals surface area contributed by atoms with Crippen LogP contribution in [0.25, 0.3) is 0 Å². The van der Waals surface area contributed by atoms with Crippen LogP contribution in [-0.4, -0.2) is 28.1 Å². The molecule has 2 atom stereocenters. The fourth-order valence-corrected chi connectivity index (χ4v) is 1.68. The van der Waals surface area contributed by atoms with Crippen LogP contribution in [0, 0.1) is 0 Å². The number of nitrogens with zero attached hydrogens (tertiary/aromatic N) is 1. The van der Waals surface area contributed by atoms with Crippen molar-refractivity contribution in [2.45, 2.75) is 19.1 Å². The van der Waals surface area contributed by atoms with E-state index in [0.29, 0.717) is 11.5 Å². The van der Waals surface area contributed by atoms with Gasteiger partial charge in [-0.3, -0.25) is 0 Å². The summed E-state index contributed by atoms with van der Waals surface area (Å²) in [7, 11) is 0. The van der Waals surface area contributed by atoms with Crippen molar-refractivity contribution < 1.29 is 19.7 Å². The van der Waals surface area contributed by atoms with Gasteiger partial charge in [-0.15, -0.1) is 0 Å². The summed E-state index contributed by atoms with van der Waals surface area (Å²) >= 11 is 0. The maximum Gasteiger partial charge on any atom is 0.332 e. The Bertz CT molecular complexity index is 455. The molecule has 2 rings (SSSR count). The summed E-state index contributed by atoms with van der Waals surface area (Å²) in [5, 5.41) is 18.3. The minimum absolute atomic E-state index is 0.0785. The van der Waals surface area contributed by atoms with E-state index in [1.165, 1.54) is 12.1 Å². The normalized spacial score (nSPS) is 23.7. The lowest BCUT2D eigenvalue weighted by molar-refractivity contribution is -0.140. The zero-order chi connectivity index (χ0) is 11.7. The molecule has 5 nitrogen and oxygen atoms in total. The van der Waals surface area contributed by atoms with Gasteiger partial charge in [-0.1, -0.05) is 12.1 Å². The number of carboxylic acids is 1. The monoisotopic (exact) mass is 221 g/mol. The third kappa shape index (κ3) is 1.84. The number of aromatic hydroxyl groups is 1. The van der Waals surface area contributed by atoms with Crippen LogP contribution in [0.4, 0.5) is 0 Å². The average molecular weight is 221 g/mol. The van der Waals surface area contributed by atoms with E-state index in [9.17, 15) is 9.90 Å². The number of benzene rings is 1. The first-order valence-electron chi connectivity index (χ1n) is 4.81. The van der Waals surface area contributed by atoms with Crippen LogP contribution in [0.5, 0.6) is 5.75 Å². The van der Waals surface area contributed by atoms with Crippen LogP contribution in [-0.2, 0) is 9.53 Å². The van der Waals surface area contributed by atoms with Crippen LogP contribution in [0.15, 0.2) is 29.3 Å². The largest absolute Gasteiger partial charge is 0.508 e. The molecule has 2 unspecified atom stereocenters. The fourth-order valence-electron chi connectivity index (χ4n) is 1.68. The van der Waals surface area contributed by atoms with Crippen LogP contribution < -0.4 is 0 Å². The Hall–Kier alpha value is -2.04. The molecule has 0 saturated heterocycles. The number of phenols is 1. The Labute approximate surface area is 92.0 Å². The summed E-state index contributed by atoms with van der Waals surface area (Å²) in [6.07, 6.45) is -0.662. The molecule has 2 N–H and O–H groups in total. The van der Waals surface area contributed by atoms with E-state index in [0.717, 1.165) is 0 Å². The molecule has 0 radical (unpaired) electrons. The van der Waals surface area contributed by atoms with Gasteiger partial charge in [0.15, 0.2) is 18.0 Å². The first-order chi connectivity index (χ1) is 7.58. The number of aliphatic carboxylic acids is 1. The van der Waals surface area contributed by atoms with Crippen molar-refractivity contribution in [3.63, 3.8) is 0 Å². The van der Waals surface area contributed by atoms with Gasteiger partial charge in [-0.05, 0) is 17.7 Å². The molecule has 0 spiro atoms. The summed E-state index contributed by atoms with van der Waals surface area (Å²) in [6.45, 7) is 1.61. The highest BCUT2D eigenvalue weighted by Crippen LogP contribution is 2.30. The third-order valence-electron chi connectivity index (χ3n) is 2.36. The zero-order valence-corrected chi connectivity index (χ0v) is 8.62. The lowest BCUT2D eigenvalue weighted by Crippen LogP contribution is -2.23. The van der Waals surface area contributed by atoms with E-state index in [1.807, 2.05) is 0 Å². The zero-order valence-electron chi connectivity index (χ0n) is 8.62. The average Bonchev–Trinajstić information content (AvgIpc) is 2.60. The number of ether oxygens (including phenoxy) is 1. The van der Waals surface area contributed by atoms with Gasteiger partial charge in [-0.25, -0.2) is 9.79 Å². The fraction of sp³-hybridized carbons (Fsp3) is 0.273. The molecule has 84 valence electrons. The molecule has 1 heterocycles. The van der Waals surface area contributed by atoms with Gasteiger partial charge < -0.3 is 14.9 Å². The molecular weight excluding hydrogens is 210 g/mol. The number of carbonyl (C=O) groups is 1. The van der Waals surface area contributed by atoms with Gasteiger partial charge in [0.05, 0.1) is 0 Å². The first-order valence-corrected chi connectivity index (χ1v) is 4.81. The van der Waals surface area contributed by atoms with Crippen LogP contribution in [0.1, 0.15) is 18.6 Å². The molecule has 1 aliphatic heterocycles. The van der Waals surface area contributed by atoms with Crippen LogP contribution >= 0.6 is 0 Å². The smallest absolute Gasteiger partial charge is 0.332 e. The van der Waals surface area contributed by atoms with Crippen LogP contribution in [0.3, 0.4) is 0 Å². The van der Waals surface area contributed by atoms with Crippen molar-refractivity contribution in [1.29, 1.82) is 0 Å². The van der Waals surface area contributed by atoms with E-state index < -0.39 is 18.1 Å². The highest BCUT2D eigenvalue weighted by molar-refractivity contribution is 5.84. The maximum atomic E-state index is 11.0. The van der Waals surface area contributed by atoms with Gasteiger partial charge in [-0.2, -0.15) is 0 Å². The first kappa shape index (κ1) is 10.5. The topological polar surface area (TPSA) is 79.1 Å². The predicted molar refractivity (Wildman–Crippen MR) is 56.5 cm³/mol. The minimum Gasteiger partial charge on any atom is -0.508 e. The molecule has 5 heteroatoms. The van der Waals surface area contributed by atoms with Crippen molar-refractivity contribution in [1.82, 2.24) is 0 Å². The number of hydrogen-bond donors (Lipinski definition) is 2. The van der Waals surface area contributed by atoms with Crippen molar-refractivity contribution >= 4 is 11.9 Å². The van der Waals surface area contributed by atoms with Gasteiger partial charge in [0.25, 0.3) is 0 Å². The highest BCUT2D eigenvalue weighted by atomic mass is 16.5. The van der Waals surface area contributed by atoms with Crippen molar-refractivity contribution in [3.05, 3.63) is 29.8 Å². The van der Waals surface area contributed by atoms with E-state index in [1.54, 1.807) is 19.1 Å². The number of rotatable bonds is 2. The summed E-state index contributed by atoms with van der Waals surface area (Å²) in [5.74, 6) is -0.610. The van der Waals surface area contributed by atoms with E-state index in [4.69, 9.17) is 9.84 Å². The Balaban J connectivity index is 2.32. The molecule has 0 bridgehead atoms. The Kier molecular flexibility index (Phi) is 2.52. The molecule has 0 saturated carbocycles. The SMILES string of the molecule is CC1=NC(C(=O)O)C(c2cccc(O)c2)O1. The Morgan fingerprint density at radius 1 is 1.50 bits per heavy atom. The lowest BCUT2D eigenvalue weighted by atomic mass is 10.0. The minimum atomic E-state index is -1.04. The van der Waals surface area contributed by atoms with E-state index >= 15 is 0 Å². The van der Waals surface area contributed by atoms with Gasteiger partial charge >= 0.3 is 5.97 Å². The second-order valence-corrected chi connectivity index (χ2v) is 3.56. The summed E-state index contributed by atoms with van der Waals surface area (Å²) in [4.78, 5) is 14.9. The number of phenolic OH excluding ortho intramolecular Hbond substituents is 1. The summed E-state index contributed by atoms with van der Waals surface area (Å²) < 4.78 is 5.33. The second-order valence-electron chi connectivity index (χ2n) is 3.56. The van der Waals surface area contributed by atoms with E-state index in [2.05, 4.69) is 4.99 Å². The lowest BCUT2D eigenvalue weighted by Gasteiger charge is -2.14. The summed E-state index contributed by atoms with van der Waals surface area (Å²) in [6, 6.07) is 5.40. The number of aliphatic imine (C=N–C) groups is 1. The van der Waals surface area contributed by atoms with E-state index in [-0.39, 0.29) is 5.75 Å². The maximum absolute atomic E-state index is 11.0. The highest BCUT2D eigenvalue weighted by Gasteiger charge is 2.36. The van der Waals surface area contributed by atoms with Gasteiger partial charge in [0.1, 0.15) is 5.75 Å². The predicted octanol–water partition coefficient (Wildman–Crippen LogP) is 1.34. The van der Waals surface area contributed by atoms with Crippen molar-refractivity contribution in [2.24, 2.45) is 4.99 Å². The number of hydrogen-bond acceptors (Lipinski definition) is 4. The molecule has 1 aliphatic rings. The number of carboxylic acid groups (broad SMARTS) is 1. The molecule has 0 aromatic heterocycles. The van der Waals surface area contributed by atoms with Crippen molar-refractivity contribution in [2.75, 3.05) is 0 Å². The van der Waals surface area contributed by atoms with Crippen molar-refractivity contribution in [3.8, 4) is 5.75 Å². The van der Waals surface area contributed by atoms with Gasteiger partial charge in [0, 0.05) is 6.92 Å². The Morgan fingerprint density at radius 2 is 2.25 bits per heavy atom. The molecule has 0 aliphatic carbocycles. The molecule has 0 amide bonds. The molecule has 0 fully saturated rings. The quantitative estimate of drug-likeness (QED) is 0.789. The Morgan fingerprint density at radius 3 is 2.88 bits per heavy atom. The standard InChI is InChI=1S/C11H11NO4/c1-6-12-9(11(14)15)10(16-6)7-3-2-4-8(13)5-7/h2-5,9-10,13H,1H3,(H,14,15). The second kappa shape index (κ2) is 3.84. The summed E-state index contributed by atoms with van der Waals surface area (Å²) in [5.41, 5.74) is 0.605. The molecule has 1 aromatic carbocycles. The van der Waals surface area contributed by atoms with Gasteiger partial charge in [0.2, 0.25) is 0 Å². The van der Waals surface area contributed by atoms with Crippen LogP contribution in [0.2, 0.25) is 0 Å². The molecule has 16 heavy (non-hydrogen) atoms. The molecular formula is C11H11NO4.